The third-order valence-electron chi connectivity index (χ3n) is 3.23. The highest BCUT2D eigenvalue weighted by Crippen LogP contribution is 2.14. The van der Waals surface area contributed by atoms with Gasteiger partial charge in [-0.15, -0.1) is 0 Å². The number of rotatable bonds is 10. The van der Waals surface area contributed by atoms with Gasteiger partial charge in [-0.3, -0.25) is 0 Å². The zero-order valence-corrected chi connectivity index (χ0v) is 14.9. The number of hydrogen-bond donors (Lipinski definition) is 2. The number of aliphatic imine (C=N–C) groups is 1. The van der Waals surface area contributed by atoms with Crippen molar-refractivity contribution in [1.29, 1.82) is 0 Å². The van der Waals surface area contributed by atoms with Crippen molar-refractivity contribution in [2.75, 3.05) is 33.4 Å². The Bertz CT molecular complexity index is 461. The predicted molar refractivity (Wildman–Crippen MR) is 96.1 cm³/mol. The summed E-state index contributed by atoms with van der Waals surface area (Å²) in [6.45, 7) is 10.1. The van der Waals surface area contributed by atoms with E-state index in [1.165, 1.54) is 0 Å². The number of nitrogens with one attached hydrogen (secondary N) is 2. The number of ether oxygens (including phenoxy) is 2. The fourth-order valence-electron chi connectivity index (χ4n) is 1.97. The Morgan fingerprint density at radius 2 is 2.04 bits per heavy atom. The maximum atomic E-state index is 5.63. The minimum Gasteiger partial charge on any atom is -0.491 e. The number of nitrogens with zero attached hydrogens (tertiary/aromatic N) is 1. The molecule has 0 saturated heterocycles. The quantitative estimate of drug-likeness (QED) is 0.395. The highest BCUT2D eigenvalue weighted by Gasteiger charge is 2.00. The Hall–Kier alpha value is -1.75. The smallest absolute Gasteiger partial charge is 0.191 e. The summed E-state index contributed by atoms with van der Waals surface area (Å²) in [5, 5.41) is 6.64. The van der Waals surface area contributed by atoms with Crippen LogP contribution in [0.25, 0.3) is 0 Å². The average Bonchev–Trinajstić information content (AvgIpc) is 2.53. The molecule has 1 rings (SSSR count). The van der Waals surface area contributed by atoms with Crippen molar-refractivity contribution in [3.8, 4) is 5.75 Å². The van der Waals surface area contributed by atoms with Gasteiger partial charge in [0.2, 0.25) is 0 Å². The van der Waals surface area contributed by atoms with Gasteiger partial charge in [0.15, 0.2) is 5.96 Å². The second-order valence-electron chi connectivity index (χ2n) is 5.79. The molecule has 2 N–H and O–H groups in total. The van der Waals surface area contributed by atoms with Crippen LogP contribution in [0.1, 0.15) is 32.8 Å². The summed E-state index contributed by atoms with van der Waals surface area (Å²) in [6.07, 6.45) is 1.13. The molecule has 0 fully saturated rings. The van der Waals surface area contributed by atoms with E-state index in [2.05, 4.69) is 42.5 Å². The first-order valence-electron chi connectivity index (χ1n) is 8.38. The van der Waals surface area contributed by atoms with Gasteiger partial charge in [-0.1, -0.05) is 26.0 Å². The molecule has 5 heteroatoms. The molecule has 0 radical (unpaired) electrons. The van der Waals surface area contributed by atoms with E-state index >= 15 is 0 Å². The first-order chi connectivity index (χ1) is 11.2. The van der Waals surface area contributed by atoms with Crippen LogP contribution in [0.4, 0.5) is 0 Å². The average molecular weight is 321 g/mol. The third kappa shape index (κ3) is 9.08. The molecule has 1 aromatic carbocycles. The van der Waals surface area contributed by atoms with Crippen LogP contribution >= 0.6 is 0 Å². The number of methoxy groups -OCH3 is 1. The van der Waals surface area contributed by atoms with Gasteiger partial charge in [0, 0.05) is 20.2 Å². The van der Waals surface area contributed by atoms with Gasteiger partial charge >= 0.3 is 0 Å². The molecule has 1 aromatic rings. The topological polar surface area (TPSA) is 54.9 Å². The van der Waals surface area contributed by atoms with Crippen LogP contribution < -0.4 is 15.4 Å². The number of guanidine groups is 1. The van der Waals surface area contributed by atoms with Crippen molar-refractivity contribution < 1.29 is 9.47 Å². The molecule has 0 heterocycles. The Balaban J connectivity index is 2.54. The zero-order valence-electron chi connectivity index (χ0n) is 14.9. The first-order valence-corrected chi connectivity index (χ1v) is 8.38. The van der Waals surface area contributed by atoms with Crippen molar-refractivity contribution in [1.82, 2.24) is 10.6 Å². The van der Waals surface area contributed by atoms with E-state index < -0.39 is 0 Å². The molecule has 23 heavy (non-hydrogen) atoms. The van der Waals surface area contributed by atoms with Gasteiger partial charge in [0.1, 0.15) is 12.4 Å². The molecule has 0 spiro atoms. The second kappa shape index (κ2) is 11.8. The Kier molecular flexibility index (Phi) is 9.87. The van der Waals surface area contributed by atoms with Gasteiger partial charge in [-0.2, -0.15) is 0 Å². The van der Waals surface area contributed by atoms with Crippen LogP contribution in [0.5, 0.6) is 5.75 Å². The predicted octanol–water partition coefficient (Wildman–Crippen LogP) is 2.81. The fraction of sp³-hybridized carbons (Fsp3) is 0.611. The highest BCUT2D eigenvalue weighted by molar-refractivity contribution is 5.79. The molecular formula is C18H31N3O2. The zero-order chi connectivity index (χ0) is 16.9. The summed E-state index contributed by atoms with van der Waals surface area (Å²) in [7, 11) is 1.67. The molecule has 0 aliphatic heterocycles. The van der Waals surface area contributed by atoms with Crippen LogP contribution in [0.2, 0.25) is 0 Å². The van der Waals surface area contributed by atoms with Crippen molar-refractivity contribution >= 4 is 5.96 Å². The Labute approximate surface area is 140 Å². The van der Waals surface area contributed by atoms with E-state index in [1.807, 2.05) is 18.2 Å². The Morgan fingerprint density at radius 3 is 2.74 bits per heavy atom. The molecule has 0 aliphatic carbocycles. The third-order valence-corrected chi connectivity index (χ3v) is 3.23. The maximum absolute atomic E-state index is 5.63. The summed E-state index contributed by atoms with van der Waals surface area (Å²) in [5.41, 5.74) is 1.13. The molecule has 5 nitrogen and oxygen atoms in total. The van der Waals surface area contributed by atoms with Crippen molar-refractivity contribution in [3.63, 3.8) is 0 Å². The lowest BCUT2D eigenvalue weighted by molar-refractivity contribution is 0.146. The van der Waals surface area contributed by atoms with E-state index in [9.17, 15) is 0 Å². The van der Waals surface area contributed by atoms with Gasteiger partial charge in [0.05, 0.1) is 13.2 Å². The summed E-state index contributed by atoms with van der Waals surface area (Å²) in [5.74, 6) is 2.40. The molecule has 0 aliphatic rings. The van der Waals surface area contributed by atoms with E-state index in [0.717, 1.165) is 36.8 Å². The van der Waals surface area contributed by atoms with E-state index in [1.54, 1.807) is 7.11 Å². The monoisotopic (exact) mass is 321 g/mol. The Morgan fingerprint density at radius 1 is 1.22 bits per heavy atom. The lowest BCUT2D eigenvalue weighted by Gasteiger charge is -2.12. The van der Waals surface area contributed by atoms with E-state index in [4.69, 9.17) is 9.47 Å². The molecule has 0 saturated carbocycles. The van der Waals surface area contributed by atoms with Gasteiger partial charge in [0.25, 0.3) is 0 Å². The van der Waals surface area contributed by atoms with Crippen LogP contribution in [0.15, 0.2) is 29.3 Å². The molecular weight excluding hydrogens is 290 g/mol. The summed E-state index contributed by atoms with van der Waals surface area (Å²) in [4.78, 5) is 4.63. The molecule has 0 bridgehead atoms. The van der Waals surface area contributed by atoms with Gasteiger partial charge < -0.3 is 20.1 Å². The largest absolute Gasteiger partial charge is 0.491 e. The lowest BCUT2D eigenvalue weighted by Crippen LogP contribution is -2.38. The van der Waals surface area contributed by atoms with Crippen molar-refractivity contribution in [3.05, 3.63) is 29.8 Å². The normalized spacial score (nSPS) is 11.6. The molecule has 0 unspecified atom stereocenters. The second-order valence-corrected chi connectivity index (χ2v) is 5.79. The molecule has 0 aromatic heterocycles. The minimum atomic E-state index is 0.558. The van der Waals surface area contributed by atoms with Gasteiger partial charge in [-0.05, 0) is 37.0 Å². The summed E-state index contributed by atoms with van der Waals surface area (Å²) < 4.78 is 10.6. The minimum absolute atomic E-state index is 0.558. The highest BCUT2D eigenvalue weighted by atomic mass is 16.5. The van der Waals surface area contributed by atoms with E-state index in [-0.39, 0.29) is 0 Å². The van der Waals surface area contributed by atoms with Crippen molar-refractivity contribution in [2.45, 2.75) is 33.7 Å². The molecule has 0 atom stereocenters. The van der Waals surface area contributed by atoms with Crippen LogP contribution in [0, 0.1) is 5.92 Å². The van der Waals surface area contributed by atoms with Crippen LogP contribution in [0.3, 0.4) is 0 Å². The standard InChI is InChI=1S/C18H31N3O2/c1-5-19-18(20-10-9-15(2)3)21-14-16-7-6-8-17(13-16)23-12-11-22-4/h6-8,13,15H,5,9-12,14H2,1-4H3,(H2,19,20,21). The lowest BCUT2D eigenvalue weighted by atomic mass is 10.1. The fourth-order valence-corrected chi connectivity index (χ4v) is 1.97. The number of benzene rings is 1. The maximum Gasteiger partial charge on any atom is 0.191 e. The molecule has 130 valence electrons. The van der Waals surface area contributed by atoms with Crippen molar-refractivity contribution in [2.24, 2.45) is 10.9 Å². The van der Waals surface area contributed by atoms with Gasteiger partial charge in [-0.25, -0.2) is 4.99 Å². The first kappa shape index (κ1) is 19.3. The van der Waals surface area contributed by atoms with Crippen LogP contribution in [-0.2, 0) is 11.3 Å². The van der Waals surface area contributed by atoms with Crippen LogP contribution in [-0.4, -0.2) is 39.4 Å². The van der Waals surface area contributed by atoms with E-state index in [0.29, 0.717) is 25.7 Å². The summed E-state index contributed by atoms with van der Waals surface area (Å²) >= 11 is 0. The number of hydrogen-bond acceptors (Lipinski definition) is 3. The summed E-state index contributed by atoms with van der Waals surface area (Å²) in [6, 6.07) is 8.03. The SMILES string of the molecule is CCNC(=NCc1cccc(OCCOC)c1)NCCC(C)C. The molecule has 0 amide bonds.